The summed E-state index contributed by atoms with van der Waals surface area (Å²) in [5.41, 5.74) is 1.24. The van der Waals surface area contributed by atoms with Crippen molar-refractivity contribution in [1.82, 2.24) is 14.8 Å². The van der Waals surface area contributed by atoms with Crippen LogP contribution < -0.4 is 5.32 Å². The van der Waals surface area contributed by atoms with E-state index in [9.17, 15) is 4.79 Å². The van der Waals surface area contributed by atoms with Gasteiger partial charge in [0, 0.05) is 68.0 Å². The zero-order valence-electron chi connectivity index (χ0n) is 16.1. The van der Waals surface area contributed by atoms with Crippen LogP contribution in [0.2, 0.25) is 0 Å². The van der Waals surface area contributed by atoms with Crippen molar-refractivity contribution < 1.29 is 4.79 Å². The fraction of sp³-hybridized carbons (Fsp3) is 0.632. The van der Waals surface area contributed by atoms with E-state index in [4.69, 9.17) is 0 Å². The average Bonchev–Trinajstić information content (AvgIpc) is 3.01. The van der Waals surface area contributed by atoms with E-state index in [1.165, 1.54) is 17.5 Å². The third kappa shape index (κ3) is 4.78. The van der Waals surface area contributed by atoms with Crippen LogP contribution >= 0.6 is 11.3 Å². The molecule has 1 aromatic heterocycles. The summed E-state index contributed by atoms with van der Waals surface area (Å²) in [6.45, 7) is 10.0. The summed E-state index contributed by atoms with van der Waals surface area (Å²) in [5.74, 6) is 1.01. The number of thiazole rings is 1. The van der Waals surface area contributed by atoms with Crippen LogP contribution in [-0.2, 0) is 11.3 Å². The lowest BCUT2D eigenvalue weighted by Gasteiger charge is -2.41. The fourth-order valence-corrected chi connectivity index (χ4v) is 4.58. The molecule has 3 rings (SSSR count). The van der Waals surface area contributed by atoms with E-state index in [-0.39, 0.29) is 5.91 Å². The molecule has 1 amide bonds. The summed E-state index contributed by atoms with van der Waals surface area (Å²) in [7, 11) is 2.24. The predicted octanol–water partition coefficient (Wildman–Crippen LogP) is 2.85. The Morgan fingerprint density at radius 3 is 3.00 bits per heavy atom. The van der Waals surface area contributed by atoms with E-state index in [2.05, 4.69) is 52.1 Å². The molecule has 2 aliphatic heterocycles. The monoisotopic (exact) mass is 375 g/mol. The average molecular weight is 376 g/mol. The molecule has 6 nitrogen and oxygen atoms in total. The minimum atomic E-state index is -0.0703. The van der Waals surface area contributed by atoms with Crippen LogP contribution in [0.4, 0.5) is 5.13 Å². The Morgan fingerprint density at radius 1 is 1.42 bits per heavy atom. The minimum Gasteiger partial charge on any atom is -0.302 e. The lowest BCUT2D eigenvalue weighted by atomic mass is 9.83. The smallest absolute Gasteiger partial charge is 0.223 e. The molecule has 2 unspecified atom stereocenters. The van der Waals surface area contributed by atoms with Gasteiger partial charge in [-0.25, -0.2) is 4.98 Å². The number of carbonyl (C=O) groups is 1. The van der Waals surface area contributed by atoms with Gasteiger partial charge in [0.25, 0.3) is 0 Å². The van der Waals surface area contributed by atoms with Gasteiger partial charge in [-0.1, -0.05) is 13.0 Å². The summed E-state index contributed by atoms with van der Waals surface area (Å²) in [4.78, 5) is 26.1. The van der Waals surface area contributed by atoms with E-state index in [0.717, 1.165) is 32.6 Å². The van der Waals surface area contributed by atoms with Crippen molar-refractivity contribution in [3.05, 3.63) is 23.3 Å². The Bertz CT molecular complexity index is 698. The standard InChI is InChI=1S/C19H29N5OS/c1-13-14(2)20-6-5-16(13)9-17-11-24(8-7-23(17)4)12-18-10-21-19(26-18)22-15(3)25/h5-6,10,13,16-17H,7-9,11-12H2,1-4H3,(H,21,22,25)/t13?,16?,17-/m0/s1. The first kappa shape index (κ1) is 19.2. The van der Waals surface area contributed by atoms with E-state index < -0.39 is 0 Å². The largest absolute Gasteiger partial charge is 0.302 e. The first-order chi connectivity index (χ1) is 12.4. The second kappa shape index (κ2) is 8.41. The van der Waals surface area contributed by atoms with E-state index in [1.54, 1.807) is 11.3 Å². The Morgan fingerprint density at radius 2 is 2.23 bits per heavy atom. The number of amides is 1. The van der Waals surface area contributed by atoms with Gasteiger partial charge < -0.3 is 10.2 Å². The second-order valence-corrected chi connectivity index (χ2v) is 8.60. The van der Waals surface area contributed by atoms with Gasteiger partial charge in [0.1, 0.15) is 0 Å². The van der Waals surface area contributed by atoms with Gasteiger partial charge in [0.2, 0.25) is 5.91 Å². The molecule has 3 atom stereocenters. The molecular formula is C19H29N5OS. The second-order valence-electron chi connectivity index (χ2n) is 7.48. The van der Waals surface area contributed by atoms with E-state index >= 15 is 0 Å². The molecule has 142 valence electrons. The predicted molar refractivity (Wildman–Crippen MR) is 108 cm³/mol. The highest BCUT2D eigenvalue weighted by Gasteiger charge is 2.29. The molecule has 26 heavy (non-hydrogen) atoms. The van der Waals surface area contributed by atoms with Crippen molar-refractivity contribution >= 4 is 28.1 Å². The summed E-state index contributed by atoms with van der Waals surface area (Å²) >= 11 is 1.57. The number of allylic oxidation sites excluding steroid dienone is 1. The first-order valence-electron chi connectivity index (χ1n) is 9.28. The van der Waals surface area contributed by atoms with Crippen LogP contribution in [0, 0.1) is 11.8 Å². The van der Waals surface area contributed by atoms with Crippen LogP contribution in [0.3, 0.4) is 0 Å². The van der Waals surface area contributed by atoms with Gasteiger partial charge >= 0.3 is 0 Å². The Balaban J connectivity index is 1.57. The van der Waals surface area contributed by atoms with Gasteiger partial charge in [-0.3, -0.25) is 14.7 Å². The molecule has 0 aromatic carbocycles. The molecule has 1 aromatic rings. The van der Waals surface area contributed by atoms with Crippen LogP contribution in [0.25, 0.3) is 0 Å². The maximum Gasteiger partial charge on any atom is 0.223 e. The van der Waals surface area contributed by atoms with Gasteiger partial charge in [-0.2, -0.15) is 0 Å². The number of rotatable bonds is 5. The number of carbonyl (C=O) groups excluding carboxylic acids is 1. The Labute approximate surface area is 160 Å². The third-order valence-corrected chi connectivity index (χ3v) is 6.43. The summed E-state index contributed by atoms with van der Waals surface area (Å²) in [6, 6.07) is 0.550. The van der Waals surface area contributed by atoms with Gasteiger partial charge in [-0.15, -0.1) is 11.3 Å². The van der Waals surface area contributed by atoms with Crippen molar-refractivity contribution in [2.75, 3.05) is 32.0 Å². The molecule has 2 aliphatic rings. The Kier molecular flexibility index (Phi) is 6.21. The number of aliphatic imine (C=N–C) groups is 1. The Hall–Kier alpha value is -1.57. The van der Waals surface area contributed by atoms with Crippen LogP contribution in [0.1, 0.15) is 32.1 Å². The van der Waals surface area contributed by atoms with Crippen LogP contribution in [-0.4, -0.2) is 59.1 Å². The number of anilines is 1. The SMILES string of the molecule is CC(=O)Nc1ncc(CN2CCN(C)[C@@H](CC3C=CN=C(C)C3C)C2)s1. The molecule has 1 N–H and O–H groups in total. The number of nitrogens with zero attached hydrogens (tertiary/aromatic N) is 4. The topological polar surface area (TPSA) is 60.8 Å². The number of hydrogen-bond donors (Lipinski definition) is 1. The summed E-state index contributed by atoms with van der Waals surface area (Å²) in [5, 5.41) is 3.45. The van der Waals surface area contributed by atoms with Crippen molar-refractivity contribution in [2.24, 2.45) is 16.8 Å². The number of piperazine rings is 1. The summed E-state index contributed by atoms with van der Waals surface area (Å²) in [6.07, 6.45) is 7.29. The molecule has 7 heteroatoms. The van der Waals surface area contributed by atoms with Crippen molar-refractivity contribution in [3.63, 3.8) is 0 Å². The third-order valence-electron chi connectivity index (χ3n) is 5.53. The molecule has 3 heterocycles. The van der Waals surface area contributed by atoms with Crippen molar-refractivity contribution in [2.45, 2.75) is 39.8 Å². The zero-order valence-corrected chi connectivity index (χ0v) is 16.9. The minimum absolute atomic E-state index is 0.0703. The van der Waals surface area contributed by atoms with Crippen molar-refractivity contribution in [3.8, 4) is 0 Å². The lowest BCUT2D eigenvalue weighted by Crippen LogP contribution is -2.51. The van der Waals surface area contributed by atoms with Gasteiger partial charge in [0.05, 0.1) is 0 Å². The van der Waals surface area contributed by atoms with Gasteiger partial charge in [0.15, 0.2) is 5.13 Å². The highest BCUT2D eigenvalue weighted by atomic mass is 32.1. The van der Waals surface area contributed by atoms with Gasteiger partial charge in [-0.05, 0) is 26.3 Å². The highest BCUT2D eigenvalue weighted by Crippen LogP contribution is 2.28. The normalized spacial score (nSPS) is 27.4. The van der Waals surface area contributed by atoms with Crippen molar-refractivity contribution in [1.29, 1.82) is 0 Å². The molecule has 1 saturated heterocycles. The molecule has 0 bridgehead atoms. The maximum atomic E-state index is 11.2. The molecule has 0 aliphatic carbocycles. The summed E-state index contributed by atoms with van der Waals surface area (Å²) < 4.78 is 0. The molecule has 0 spiro atoms. The van der Waals surface area contributed by atoms with E-state index in [0.29, 0.717) is 23.0 Å². The molecule has 0 saturated carbocycles. The first-order valence-corrected chi connectivity index (χ1v) is 10.1. The number of hydrogen-bond acceptors (Lipinski definition) is 6. The number of likely N-dealkylation sites (N-methyl/N-ethyl adjacent to an activating group) is 1. The number of aromatic nitrogens is 1. The molecule has 0 radical (unpaired) electrons. The maximum absolute atomic E-state index is 11.2. The number of nitrogens with one attached hydrogen (secondary N) is 1. The fourth-order valence-electron chi connectivity index (χ4n) is 3.68. The van der Waals surface area contributed by atoms with Crippen LogP contribution in [0.5, 0.6) is 0 Å². The molecular weight excluding hydrogens is 346 g/mol. The molecule has 1 fully saturated rings. The lowest BCUT2D eigenvalue weighted by molar-refractivity contribution is -0.114. The quantitative estimate of drug-likeness (QED) is 0.860. The van der Waals surface area contributed by atoms with E-state index in [1.807, 2.05) is 12.4 Å². The zero-order chi connectivity index (χ0) is 18.7. The highest BCUT2D eigenvalue weighted by molar-refractivity contribution is 7.15. The van der Waals surface area contributed by atoms with Crippen LogP contribution in [0.15, 0.2) is 23.5 Å².